The fraction of sp³-hybridized carbons (Fsp3) is 0.480. The number of carbonyl (C=O) groups is 1. The molecule has 1 amide bonds. The van der Waals surface area contributed by atoms with E-state index in [0.29, 0.717) is 44.0 Å². The Balaban J connectivity index is 1.65. The molecule has 2 aromatic carbocycles. The van der Waals surface area contributed by atoms with Crippen LogP contribution in [0.5, 0.6) is 11.5 Å². The summed E-state index contributed by atoms with van der Waals surface area (Å²) in [5.74, 6) is 1.51. The Kier molecular flexibility index (Phi) is 8.37. The lowest BCUT2D eigenvalue weighted by molar-refractivity contribution is -0.132. The van der Waals surface area contributed by atoms with Crippen LogP contribution in [-0.4, -0.2) is 56.9 Å². The number of sulfonamides is 1. The molecule has 0 spiro atoms. The average Bonchev–Trinajstić information content (AvgIpc) is 3.67. The number of rotatable bonds is 12. The first-order chi connectivity index (χ1) is 15.8. The Morgan fingerprint density at radius 2 is 1.67 bits per heavy atom. The minimum atomic E-state index is -3.47. The molecular weight excluding hydrogens is 440 g/mol. The lowest BCUT2D eigenvalue weighted by Gasteiger charge is -2.24. The first-order valence-electron chi connectivity index (χ1n) is 11.4. The van der Waals surface area contributed by atoms with E-state index in [9.17, 15) is 13.2 Å². The fourth-order valence-electron chi connectivity index (χ4n) is 3.91. The van der Waals surface area contributed by atoms with Crippen molar-refractivity contribution in [3.63, 3.8) is 0 Å². The van der Waals surface area contributed by atoms with Gasteiger partial charge in [-0.25, -0.2) is 8.42 Å². The van der Waals surface area contributed by atoms with Crippen LogP contribution in [0.15, 0.2) is 47.4 Å². The SMILES string of the molecule is CCN(CC)S(=O)(=O)c1ccc(CCC(=O)N(Cc2ccc(OC)cc2OC)C2CC2)cc1. The summed E-state index contributed by atoms with van der Waals surface area (Å²) in [5.41, 5.74) is 1.89. The molecule has 1 aliphatic rings. The molecule has 3 rings (SSSR count). The van der Waals surface area contributed by atoms with E-state index in [0.717, 1.165) is 24.0 Å². The third-order valence-corrected chi connectivity index (χ3v) is 8.10. The zero-order valence-electron chi connectivity index (χ0n) is 19.9. The molecule has 0 atom stereocenters. The van der Waals surface area contributed by atoms with Gasteiger partial charge in [0.2, 0.25) is 15.9 Å². The first-order valence-corrected chi connectivity index (χ1v) is 12.9. The van der Waals surface area contributed by atoms with E-state index in [1.165, 1.54) is 4.31 Å². The molecule has 1 aliphatic carbocycles. The lowest BCUT2D eigenvalue weighted by Crippen LogP contribution is -2.33. The fourth-order valence-corrected chi connectivity index (χ4v) is 5.37. The van der Waals surface area contributed by atoms with Crippen LogP contribution in [-0.2, 0) is 27.8 Å². The summed E-state index contributed by atoms with van der Waals surface area (Å²) in [6.45, 7) is 5.02. The van der Waals surface area contributed by atoms with Crippen LogP contribution in [0, 0.1) is 0 Å². The van der Waals surface area contributed by atoms with E-state index >= 15 is 0 Å². The van der Waals surface area contributed by atoms with Crippen molar-refractivity contribution in [1.82, 2.24) is 9.21 Å². The molecular formula is C25H34N2O5S. The Morgan fingerprint density at radius 1 is 1.00 bits per heavy atom. The van der Waals surface area contributed by atoms with Gasteiger partial charge < -0.3 is 14.4 Å². The molecule has 2 aromatic rings. The van der Waals surface area contributed by atoms with E-state index < -0.39 is 10.0 Å². The predicted octanol–water partition coefficient (Wildman–Crippen LogP) is 3.86. The van der Waals surface area contributed by atoms with Gasteiger partial charge in [-0.1, -0.05) is 26.0 Å². The van der Waals surface area contributed by atoms with Crippen LogP contribution in [0.2, 0.25) is 0 Å². The van der Waals surface area contributed by atoms with Crippen molar-refractivity contribution in [2.24, 2.45) is 0 Å². The number of amides is 1. The highest BCUT2D eigenvalue weighted by molar-refractivity contribution is 7.89. The van der Waals surface area contributed by atoms with Crippen LogP contribution in [0.4, 0.5) is 0 Å². The molecule has 1 saturated carbocycles. The number of carbonyl (C=O) groups excluding carboxylic acids is 1. The minimum Gasteiger partial charge on any atom is -0.497 e. The zero-order valence-corrected chi connectivity index (χ0v) is 20.7. The highest BCUT2D eigenvalue weighted by Gasteiger charge is 2.32. The molecule has 7 nitrogen and oxygen atoms in total. The highest BCUT2D eigenvalue weighted by atomic mass is 32.2. The summed E-state index contributed by atoms with van der Waals surface area (Å²) >= 11 is 0. The van der Waals surface area contributed by atoms with Gasteiger partial charge in [-0.05, 0) is 49.1 Å². The van der Waals surface area contributed by atoms with Crippen molar-refractivity contribution in [3.8, 4) is 11.5 Å². The monoisotopic (exact) mass is 474 g/mol. The van der Waals surface area contributed by atoms with E-state index in [-0.39, 0.29) is 16.8 Å². The van der Waals surface area contributed by atoms with Crippen LogP contribution < -0.4 is 9.47 Å². The van der Waals surface area contributed by atoms with Gasteiger partial charge in [-0.2, -0.15) is 4.31 Å². The molecule has 8 heteroatoms. The second-order valence-electron chi connectivity index (χ2n) is 8.16. The summed E-state index contributed by atoms with van der Waals surface area (Å²) in [6, 6.07) is 12.8. The van der Waals surface area contributed by atoms with Gasteiger partial charge in [0, 0.05) is 43.7 Å². The Bertz CT molecular complexity index is 1040. The number of methoxy groups -OCH3 is 2. The van der Waals surface area contributed by atoms with Crippen LogP contribution in [0.1, 0.15) is 44.2 Å². The molecule has 0 saturated heterocycles. The molecule has 33 heavy (non-hydrogen) atoms. The van der Waals surface area contributed by atoms with E-state index in [1.807, 2.05) is 36.9 Å². The quantitative estimate of drug-likeness (QED) is 0.467. The maximum Gasteiger partial charge on any atom is 0.243 e. The van der Waals surface area contributed by atoms with Crippen molar-refractivity contribution in [2.75, 3.05) is 27.3 Å². The number of nitrogens with zero attached hydrogens (tertiary/aromatic N) is 2. The summed E-state index contributed by atoms with van der Waals surface area (Å²) in [7, 11) is -0.247. The normalized spacial score (nSPS) is 13.7. The van der Waals surface area contributed by atoms with Gasteiger partial charge >= 0.3 is 0 Å². The zero-order chi connectivity index (χ0) is 24.0. The molecule has 1 fully saturated rings. The number of hydrogen-bond donors (Lipinski definition) is 0. The maximum atomic E-state index is 13.1. The van der Waals surface area contributed by atoms with Gasteiger partial charge in [-0.15, -0.1) is 0 Å². The van der Waals surface area contributed by atoms with Gasteiger partial charge in [0.25, 0.3) is 0 Å². The van der Waals surface area contributed by atoms with Crippen LogP contribution in [0.25, 0.3) is 0 Å². The maximum absolute atomic E-state index is 13.1. The molecule has 0 bridgehead atoms. The van der Waals surface area contributed by atoms with E-state index in [4.69, 9.17) is 9.47 Å². The summed E-state index contributed by atoms with van der Waals surface area (Å²) in [5, 5.41) is 0. The highest BCUT2D eigenvalue weighted by Crippen LogP contribution is 2.32. The molecule has 0 radical (unpaired) electrons. The number of benzene rings is 2. The van der Waals surface area contributed by atoms with Gasteiger partial charge in [0.1, 0.15) is 11.5 Å². The van der Waals surface area contributed by atoms with Crippen molar-refractivity contribution in [3.05, 3.63) is 53.6 Å². The predicted molar refractivity (Wildman–Crippen MR) is 128 cm³/mol. The lowest BCUT2D eigenvalue weighted by atomic mass is 10.1. The summed E-state index contributed by atoms with van der Waals surface area (Å²) < 4.78 is 37.5. The van der Waals surface area contributed by atoms with E-state index in [1.54, 1.807) is 38.5 Å². The second kappa shape index (κ2) is 11.0. The number of hydrogen-bond acceptors (Lipinski definition) is 5. The Hall–Kier alpha value is -2.58. The molecule has 0 aliphatic heterocycles. The molecule has 0 N–H and O–H groups in total. The number of ether oxygens (including phenoxy) is 2. The Morgan fingerprint density at radius 3 is 2.21 bits per heavy atom. The number of aryl methyl sites for hydroxylation is 1. The van der Waals surface area contributed by atoms with Crippen molar-refractivity contribution in [2.45, 2.75) is 57.0 Å². The molecule has 180 valence electrons. The van der Waals surface area contributed by atoms with Gasteiger partial charge in [0.15, 0.2) is 0 Å². The summed E-state index contributed by atoms with van der Waals surface area (Å²) in [6.07, 6.45) is 2.97. The molecule has 0 aromatic heterocycles. The summed E-state index contributed by atoms with van der Waals surface area (Å²) in [4.78, 5) is 15.3. The van der Waals surface area contributed by atoms with Crippen molar-refractivity contribution >= 4 is 15.9 Å². The molecule has 0 unspecified atom stereocenters. The largest absolute Gasteiger partial charge is 0.497 e. The average molecular weight is 475 g/mol. The molecule has 0 heterocycles. The van der Waals surface area contributed by atoms with Crippen molar-refractivity contribution < 1.29 is 22.7 Å². The van der Waals surface area contributed by atoms with E-state index in [2.05, 4.69) is 0 Å². The smallest absolute Gasteiger partial charge is 0.243 e. The van der Waals surface area contributed by atoms with Gasteiger partial charge in [-0.3, -0.25) is 4.79 Å². The Labute approximate surface area is 197 Å². The van der Waals surface area contributed by atoms with Crippen molar-refractivity contribution in [1.29, 1.82) is 0 Å². The third-order valence-electron chi connectivity index (χ3n) is 6.04. The minimum absolute atomic E-state index is 0.0928. The first kappa shape index (κ1) is 25.1. The standard InChI is InChI=1S/C25H34N2O5S/c1-5-26(6-2)33(29,30)23-14-7-19(8-15-23)9-16-25(28)27(21-11-12-21)18-20-10-13-22(31-3)17-24(20)32-4/h7-8,10,13-15,17,21H,5-6,9,11-12,16,18H2,1-4H3. The third kappa shape index (κ3) is 6.06. The second-order valence-corrected chi connectivity index (χ2v) is 10.1. The van der Waals surface area contributed by atoms with Crippen LogP contribution >= 0.6 is 0 Å². The topological polar surface area (TPSA) is 76.2 Å². The van der Waals surface area contributed by atoms with Gasteiger partial charge in [0.05, 0.1) is 19.1 Å². The van der Waals surface area contributed by atoms with Crippen LogP contribution in [0.3, 0.4) is 0 Å².